The van der Waals surface area contributed by atoms with Crippen molar-refractivity contribution >= 4 is 5.97 Å². The van der Waals surface area contributed by atoms with E-state index in [1.807, 2.05) is 18.5 Å². The van der Waals surface area contributed by atoms with Gasteiger partial charge >= 0.3 is 5.97 Å². The van der Waals surface area contributed by atoms with Gasteiger partial charge in [0.25, 0.3) is 0 Å². The van der Waals surface area contributed by atoms with E-state index < -0.39 is 5.97 Å². The van der Waals surface area contributed by atoms with Crippen LogP contribution in [0.15, 0.2) is 0 Å². The van der Waals surface area contributed by atoms with Gasteiger partial charge in [0.15, 0.2) is 0 Å². The lowest BCUT2D eigenvalue weighted by molar-refractivity contribution is -0.137. The molecule has 78 valence electrons. The van der Waals surface area contributed by atoms with Gasteiger partial charge in [-0.2, -0.15) is 0 Å². The summed E-state index contributed by atoms with van der Waals surface area (Å²) in [7, 11) is 1.93. The molecule has 0 bridgehead atoms. The normalized spacial score (nSPS) is 10.5. The molecule has 1 aromatic heterocycles. The SMILES string of the molecule is CCc1nc(CCC(=O)O)n(C)c1C. The van der Waals surface area contributed by atoms with Crippen LogP contribution in [0.1, 0.15) is 30.6 Å². The molecule has 0 saturated carbocycles. The highest BCUT2D eigenvalue weighted by molar-refractivity contribution is 5.66. The molecule has 1 aromatic rings. The van der Waals surface area contributed by atoms with Crippen molar-refractivity contribution in [3.8, 4) is 0 Å². The molecule has 0 atom stereocenters. The molecule has 0 amide bonds. The van der Waals surface area contributed by atoms with Crippen LogP contribution in [0.2, 0.25) is 0 Å². The summed E-state index contributed by atoms with van der Waals surface area (Å²) in [4.78, 5) is 14.8. The van der Waals surface area contributed by atoms with E-state index in [2.05, 4.69) is 11.9 Å². The minimum atomic E-state index is -0.774. The summed E-state index contributed by atoms with van der Waals surface area (Å²) in [6.07, 6.45) is 1.55. The summed E-state index contributed by atoms with van der Waals surface area (Å²) in [5.74, 6) is 0.0884. The lowest BCUT2D eigenvalue weighted by Crippen LogP contribution is -2.03. The van der Waals surface area contributed by atoms with Crippen LogP contribution in [0.4, 0.5) is 0 Å². The van der Waals surface area contributed by atoms with Crippen LogP contribution in [-0.4, -0.2) is 20.6 Å². The molecule has 0 aliphatic rings. The topological polar surface area (TPSA) is 55.1 Å². The van der Waals surface area contributed by atoms with Gasteiger partial charge in [0, 0.05) is 19.2 Å². The summed E-state index contributed by atoms with van der Waals surface area (Å²) in [6.45, 7) is 4.06. The number of imidazole rings is 1. The second-order valence-corrected chi connectivity index (χ2v) is 3.37. The number of hydrogen-bond donors (Lipinski definition) is 1. The van der Waals surface area contributed by atoms with Crippen molar-refractivity contribution < 1.29 is 9.90 Å². The molecule has 0 aromatic carbocycles. The van der Waals surface area contributed by atoms with Gasteiger partial charge in [-0.3, -0.25) is 4.79 Å². The highest BCUT2D eigenvalue weighted by atomic mass is 16.4. The molecular formula is C10H16N2O2. The molecular weight excluding hydrogens is 180 g/mol. The second kappa shape index (κ2) is 4.26. The quantitative estimate of drug-likeness (QED) is 0.789. The smallest absolute Gasteiger partial charge is 0.303 e. The van der Waals surface area contributed by atoms with Gasteiger partial charge in [0.2, 0.25) is 0 Å². The molecule has 1 heterocycles. The minimum absolute atomic E-state index is 0.146. The Morgan fingerprint density at radius 3 is 2.64 bits per heavy atom. The van der Waals surface area contributed by atoms with Crippen LogP contribution < -0.4 is 0 Å². The number of carboxylic acid groups (broad SMARTS) is 1. The third-order valence-corrected chi connectivity index (χ3v) is 2.47. The first-order valence-electron chi connectivity index (χ1n) is 4.79. The first kappa shape index (κ1) is 10.8. The first-order valence-corrected chi connectivity index (χ1v) is 4.79. The summed E-state index contributed by atoms with van der Waals surface area (Å²) >= 11 is 0. The predicted molar refractivity (Wildman–Crippen MR) is 53.3 cm³/mol. The number of hydrogen-bond acceptors (Lipinski definition) is 2. The Morgan fingerprint density at radius 2 is 2.21 bits per heavy atom. The fourth-order valence-corrected chi connectivity index (χ4v) is 1.48. The minimum Gasteiger partial charge on any atom is -0.481 e. The maximum absolute atomic E-state index is 10.4. The molecule has 1 rings (SSSR count). The number of aromatic nitrogens is 2. The Bertz CT molecular complexity index is 342. The zero-order chi connectivity index (χ0) is 10.7. The summed E-state index contributed by atoms with van der Waals surface area (Å²) in [5.41, 5.74) is 2.20. The van der Waals surface area contributed by atoms with Crippen LogP contribution in [0.5, 0.6) is 0 Å². The number of carbonyl (C=O) groups is 1. The summed E-state index contributed by atoms with van der Waals surface area (Å²) in [6, 6.07) is 0. The lowest BCUT2D eigenvalue weighted by Gasteiger charge is -2.00. The maximum atomic E-state index is 10.4. The van der Waals surface area contributed by atoms with Gasteiger partial charge in [-0.25, -0.2) is 4.98 Å². The van der Waals surface area contributed by atoms with Gasteiger partial charge in [0.1, 0.15) is 5.82 Å². The zero-order valence-electron chi connectivity index (χ0n) is 8.87. The Hall–Kier alpha value is -1.32. The van der Waals surface area contributed by atoms with Crippen LogP contribution in [-0.2, 0) is 24.7 Å². The first-order chi connectivity index (χ1) is 6.56. The molecule has 0 fully saturated rings. The van der Waals surface area contributed by atoms with Crippen molar-refractivity contribution in [3.05, 3.63) is 17.2 Å². The highest BCUT2D eigenvalue weighted by Gasteiger charge is 2.10. The van der Waals surface area contributed by atoms with Crippen molar-refractivity contribution in [2.45, 2.75) is 33.1 Å². The standard InChI is InChI=1S/C10H16N2O2/c1-4-8-7(2)12(3)9(11-8)5-6-10(13)14/h4-6H2,1-3H3,(H,13,14). The van der Waals surface area contributed by atoms with Crippen molar-refractivity contribution in [1.29, 1.82) is 0 Å². The largest absolute Gasteiger partial charge is 0.481 e. The Kier molecular flexibility index (Phi) is 3.28. The number of aryl methyl sites for hydroxylation is 2. The summed E-state index contributed by atoms with van der Waals surface area (Å²) in [5, 5.41) is 8.56. The van der Waals surface area contributed by atoms with Crippen molar-refractivity contribution in [2.75, 3.05) is 0 Å². The predicted octanol–water partition coefficient (Wildman–Crippen LogP) is 1.31. The van der Waals surface area contributed by atoms with E-state index in [9.17, 15) is 4.79 Å². The third-order valence-electron chi connectivity index (χ3n) is 2.47. The van der Waals surface area contributed by atoms with Crippen LogP contribution in [0, 0.1) is 6.92 Å². The highest BCUT2D eigenvalue weighted by Crippen LogP contribution is 2.11. The van der Waals surface area contributed by atoms with E-state index >= 15 is 0 Å². The number of carboxylic acids is 1. The van der Waals surface area contributed by atoms with E-state index in [1.54, 1.807) is 0 Å². The lowest BCUT2D eigenvalue weighted by atomic mass is 10.3. The maximum Gasteiger partial charge on any atom is 0.303 e. The summed E-state index contributed by atoms with van der Waals surface area (Å²) < 4.78 is 1.97. The molecule has 0 radical (unpaired) electrons. The Labute approximate surface area is 83.6 Å². The molecule has 0 unspecified atom stereocenters. The van der Waals surface area contributed by atoms with Crippen molar-refractivity contribution in [1.82, 2.24) is 9.55 Å². The number of aliphatic carboxylic acids is 1. The van der Waals surface area contributed by atoms with E-state index in [1.165, 1.54) is 0 Å². The van der Waals surface area contributed by atoms with E-state index in [0.29, 0.717) is 6.42 Å². The van der Waals surface area contributed by atoms with Gasteiger partial charge in [-0.1, -0.05) is 6.92 Å². The molecule has 4 heteroatoms. The fourth-order valence-electron chi connectivity index (χ4n) is 1.48. The fraction of sp³-hybridized carbons (Fsp3) is 0.600. The third kappa shape index (κ3) is 2.13. The van der Waals surface area contributed by atoms with Gasteiger partial charge < -0.3 is 9.67 Å². The molecule has 0 spiro atoms. The number of nitrogens with zero attached hydrogens (tertiary/aromatic N) is 2. The Morgan fingerprint density at radius 1 is 1.57 bits per heavy atom. The van der Waals surface area contributed by atoms with Gasteiger partial charge in [0.05, 0.1) is 12.1 Å². The Balaban J connectivity index is 2.82. The molecule has 0 saturated heterocycles. The molecule has 0 aliphatic carbocycles. The van der Waals surface area contributed by atoms with E-state index in [-0.39, 0.29) is 6.42 Å². The molecule has 0 aliphatic heterocycles. The molecule has 14 heavy (non-hydrogen) atoms. The van der Waals surface area contributed by atoms with Crippen LogP contribution in [0.25, 0.3) is 0 Å². The monoisotopic (exact) mass is 196 g/mol. The van der Waals surface area contributed by atoms with Crippen molar-refractivity contribution in [2.24, 2.45) is 7.05 Å². The second-order valence-electron chi connectivity index (χ2n) is 3.37. The van der Waals surface area contributed by atoms with Gasteiger partial charge in [-0.15, -0.1) is 0 Å². The zero-order valence-corrected chi connectivity index (χ0v) is 8.87. The van der Waals surface area contributed by atoms with Crippen LogP contribution >= 0.6 is 0 Å². The molecule has 4 nitrogen and oxygen atoms in total. The average molecular weight is 196 g/mol. The molecule has 1 N–H and O–H groups in total. The van der Waals surface area contributed by atoms with Gasteiger partial charge in [-0.05, 0) is 13.3 Å². The van der Waals surface area contributed by atoms with E-state index in [0.717, 1.165) is 23.6 Å². The number of rotatable bonds is 4. The van der Waals surface area contributed by atoms with Crippen molar-refractivity contribution in [3.63, 3.8) is 0 Å². The van der Waals surface area contributed by atoms with E-state index in [4.69, 9.17) is 5.11 Å². The van der Waals surface area contributed by atoms with Crippen LogP contribution in [0.3, 0.4) is 0 Å². The average Bonchev–Trinajstić information content (AvgIpc) is 2.41.